The van der Waals surface area contributed by atoms with E-state index >= 15 is 0 Å². The van der Waals surface area contributed by atoms with Crippen LogP contribution in [0, 0.1) is 0 Å². The van der Waals surface area contributed by atoms with E-state index in [9.17, 15) is 9.90 Å². The van der Waals surface area contributed by atoms with Crippen LogP contribution in [-0.2, 0) is 5.41 Å². The molecule has 0 spiro atoms. The van der Waals surface area contributed by atoms with Crippen molar-refractivity contribution in [3.8, 4) is 5.75 Å². The molecule has 0 heterocycles. The van der Waals surface area contributed by atoms with Crippen molar-refractivity contribution in [2.45, 2.75) is 39.2 Å². The van der Waals surface area contributed by atoms with Gasteiger partial charge in [-0.25, -0.2) is 4.79 Å². The van der Waals surface area contributed by atoms with Crippen molar-refractivity contribution >= 4 is 17.2 Å². The van der Waals surface area contributed by atoms with Crippen molar-refractivity contribution in [3.63, 3.8) is 0 Å². The van der Waals surface area contributed by atoms with Gasteiger partial charge in [0, 0.05) is 5.41 Å². The topological polar surface area (TPSA) is 58.6 Å². The molecular formula is C24H29NO3. The summed E-state index contributed by atoms with van der Waals surface area (Å²) in [6.07, 6.45) is -1.07. The second kappa shape index (κ2) is 8.79. The number of nitrogens with one attached hydrogen (secondary N) is 1. The summed E-state index contributed by atoms with van der Waals surface area (Å²) in [4.78, 5) is 11.4. The lowest BCUT2D eigenvalue weighted by molar-refractivity contribution is 0.164. The lowest BCUT2D eigenvalue weighted by Gasteiger charge is -2.34. The zero-order valence-corrected chi connectivity index (χ0v) is 17.1. The summed E-state index contributed by atoms with van der Waals surface area (Å²) in [7, 11) is 0. The Kier molecular flexibility index (Phi) is 6.68. The van der Waals surface area contributed by atoms with E-state index in [-0.39, 0.29) is 6.61 Å². The Hall–Kier alpha value is -3.01. The first kappa shape index (κ1) is 21.3. The van der Waals surface area contributed by atoms with Gasteiger partial charge < -0.3 is 15.2 Å². The summed E-state index contributed by atoms with van der Waals surface area (Å²) < 4.78 is 5.90. The van der Waals surface area contributed by atoms with Crippen molar-refractivity contribution < 1.29 is 14.6 Å². The molecule has 1 atom stereocenters. The molecule has 1 unspecified atom stereocenters. The second-order valence-electron chi connectivity index (χ2n) is 7.70. The molecular weight excluding hydrogens is 350 g/mol. The highest BCUT2D eigenvalue weighted by atomic mass is 16.5. The normalized spacial score (nSPS) is 12.1. The number of hydrogen-bond acceptors (Lipinski definition) is 2. The third kappa shape index (κ3) is 5.26. The van der Waals surface area contributed by atoms with Crippen LogP contribution in [0.15, 0.2) is 61.7 Å². The van der Waals surface area contributed by atoms with Crippen LogP contribution >= 0.6 is 0 Å². The fourth-order valence-electron chi connectivity index (χ4n) is 2.98. The quantitative estimate of drug-likeness (QED) is 0.614. The minimum atomic E-state index is -1.07. The van der Waals surface area contributed by atoms with Crippen LogP contribution in [-0.4, -0.2) is 23.8 Å². The molecule has 4 nitrogen and oxygen atoms in total. The first-order chi connectivity index (χ1) is 13.1. The molecule has 0 aliphatic carbocycles. The third-order valence-corrected chi connectivity index (χ3v) is 5.05. The first-order valence-corrected chi connectivity index (χ1v) is 9.26. The van der Waals surface area contributed by atoms with Crippen LogP contribution in [0.5, 0.6) is 5.75 Å². The Bertz CT molecular complexity index is 848. The van der Waals surface area contributed by atoms with Crippen LogP contribution in [0.25, 0.3) is 11.1 Å². The summed E-state index contributed by atoms with van der Waals surface area (Å²) in [5, 5.41) is 11.9. The highest BCUT2D eigenvalue weighted by Crippen LogP contribution is 2.29. The molecule has 0 bridgehead atoms. The van der Waals surface area contributed by atoms with E-state index in [1.165, 1.54) is 0 Å². The van der Waals surface area contributed by atoms with E-state index in [1.807, 2.05) is 76.2 Å². The molecule has 0 fully saturated rings. The summed E-state index contributed by atoms with van der Waals surface area (Å²) in [6, 6.07) is 15.2. The predicted octanol–water partition coefficient (Wildman–Crippen LogP) is 5.75. The Morgan fingerprint density at radius 2 is 1.46 bits per heavy atom. The van der Waals surface area contributed by atoms with Gasteiger partial charge >= 0.3 is 6.09 Å². The molecule has 2 aromatic rings. The van der Waals surface area contributed by atoms with E-state index in [2.05, 4.69) is 18.5 Å². The molecule has 148 valence electrons. The van der Waals surface area contributed by atoms with E-state index in [1.54, 1.807) is 0 Å². The zero-order valence-electron chi connectivity index (χ0n) is 17.1. The van der Waals surface area contributed by atoms with Crippen molar-refractivity contribution in [2.75, 3.05) is 6.61 Å². The van der Waals surface area contributed by atoms with Crippen molar-refractivity contribution in [1.82, 2.24) is 5.32 Å². The Balaban J connectivity index is 2.19. The van der Waals surface area contributed by atoms with Gasteiger partial charge in [0.25, 0.3) is 0 Å². The van der Waals surface area contributed by atoms with Crippen LogP contribution < -0.4 is 10.1 Å². The zero-order chi connectivity index (χ0) is 20.9. The number of carbonyl (C=O) groups is 1. The number of carboxylic acid groups (broad SMARTS) is 1. The van der Waals surface area contributed by atoms with Crippen LogP contribution in [0.4, 0.5) is 4.79 Å². The summed E-state index contributed by atoms with van der Waals surface area (Å²) in [5.74, 6) is 0.690. The summed E-state index contributed by atoms with van der Waals surface area (Å²) >= 11 is 0. The van der Waals surface area contributed by atoms with Gasteiger partial charge in [-0.2, -0.15) is 0 Å². The third-order valence-electron chi connectivity index (χ3n) is 5.05. The maximum atomic E-state index is 11.4. The average molecular weight is 380 g/mol. The molecule has 28 heavy (non-hydrogen) atoms. The van der Waals surface area contributed by atoms with Gasteiger partial charge in [-0.05, 0) is 42.7 Å². The van der Waals surface area contributed by atoms with E-state index in [4.69, 9.17) is 4.74 Å². The molecule has 0 aliphatic heterocycles. The number of ether oxygens (including phenoxy) is 1. The molecule has 2 N–H and O–H groups in total. The second-order valence-corrected chi connectivity index (χ2v) is 7.70. The maximum Gasteiger partial charge on any atom is 0.405 e. The first-order valence-electron chi connectivity index (χ1n) is 9.26. The number of amides is 1. The number of benzene rings is 2. The molecule has 0 radical (unpaired) electrons. The number of hydrogen-bond donors (Lipinski definition) is 2. The lowest BCUT2D eigenvalue weighted by atomic mass is 9.77. The Morgan fingerprint density at radius 1 is 1.00 bits per heavy atom. The molecule has 2 aromatic carbocycles. The van der Waals surface area contributed by atoms with Crippen molar-refractivity contribution in [2.24, 2.45) is 0 Å². The minimum absolute atomic E-state index is 0.216. The lowest BCUT2D eigenvalue weighted by Crippen LogP contribution is -2.50. The fourth-order valence-corrected chi connectivity index (χ4v) is 2.98. The van der Waals surface area contributed by atoms with E-state index < -0.39 is 17.6 Å². The Morgan fingerprint density at radius 3 is 1.89 bits per heavy atom. The van der Waals surface area contributed by atoms with E-state index in [0.717, 1.165) is 27.8 Å². The van der Waals surface area contributed by atoms with Gasteiger partial charge in [-0.3, -0.25) is 0 Å². The highest BCUT2D eigenvalue weighted by Gasteiger charge is 2.33. The molecule has 0 saturated carbocycles. The molecule has 1 amide bonds. The minimum Gasteiger partial charge on any atom is -0.491 e. The van der Waals surface area contributed by atoms with Gasteiger partial charge in [-0.15, -0.1) is 0 Å². The summed E-state index contributed by atoms with van der Waals surface area (Å²) in [6.45, 7) is 16.0. The molecule has 2 rings (SSSR count). The molecule has 4 heteroatoms. The smallest absolute Gasteiger partial charge is 0.405 e. The van der Waals surface area contributed by atoms with Crippen LogP contribution in [0.2, 0.25) is 0 Å². The maximum absolute atomic E-state index is 11.4. The SMILES string of the molecule is C=C(C)c1ccc(OCC(NC(=O)O)C(C)(C)c2ccc(C(=C)C)cc2)cc1. The fraction of sp³-hybridized carbons (Fsp3) is 0.292. The average Bonchev–Trinajstić information content (AvgIpc) is 2.65. The van der Waals surface area contributed by atoms with Gasteiger partial charge in [0.2, 0.25) is 0 Å². The largest absolute Gasteiger partial charge is 0.491 e. The van der Waals surface area contributed by atoms with Crippen molar-refractivity contribution in [3.05, 3.63) is 78.4 Å². The molecule has 0 aromatic heterocycles. The van der Waals surface area contributed by atoms with Gasteiger partial charge in [0.05, 0.1) is 6.04 Å². The molecule has 0 saturated heterocycles. The van der Waals surface area contributed by atoms with Crippen LogP contribution in [0.1, 0.15) is 44.4 Å². The van der Waals surface area contributed by atoms with E-state index in [0.29, 0.717) is 5.75 Å². The van der Waals surface area contributed by atoms with Gasteiger partial charge in [0.1, 0.15) is 12.4 Å². The number of rotatable bonds is 8. The summed E-state index contributed by atoms with van der Waals surface area (Å²) in [5.41, 5.74) is 4.64. The van der Waals surface area contributed by atoms with Gasteiger partial charge in [-0.1, -0.05) is 74.5 Å². The van der Waals surface area contributed by atoms with Crippen molar-refractivity contribution in [1.29, 1.82) is 0 Å². The number of allylic oxidation sites excluding steroid dienone is 2. The predicted molar refractivity (Wildman–Crippen MR) is 116 cm³/mol. The van der Waals surface area contributed by atoms with Gasteiger partial charge in [0.15, 0.2) is 0 Å². The Labute approximate surface area is 167 Å². The molecule has 0 aliphatic rings. The monoisotopic (exact) mass is 379 g/mol. The standard InChI is InChI=1S/C24H29NO3/c1-16(2)18-7-11-20(12-8-18)24(5,6)22(25-23(26)27)15-28-21-13-9-19(10-14-21)17(3)4/h7-14,22,25H,1,3,15H2,2,4-6H3,(H,26,27). The van der Waals surface area contributed by atoms with Crippen LogP contribution in [0.3, 0.4) is 0 Å². The highest BCUT2D eigenvalue weighted by molar-refractivity contribution is 5.65.